The lowest BCUT2D eigenvalue weighted by atomic mass is 9.81. The maximum absolute atomic E-state index is 14.8. The number of piperazine rings is 1. The fourth-order valence-electron chi connectivity index (χ4n) is 7.01. The Hall–Kier alpha value is -4.51. The third kappa shape index (κ3) is 7.72. The van der Waals surface area contributed by atoms with Gasteiger partial charge in [0.15, 0.2) is 0 Å². The maximum Gasteiger partial charge on any atom is 0.408 e. The minimum atomic E-state index is -1.11. The average Bonchev–Trinajstić information content (AvgIpc) is 3.92. The van der Waals surface area contributed by atoms with Gasteiger partial charge in [-0.3, -0.25) is 14.5 Å². The molecule has 2 heterocycles. The number of carbonyl (C=O) groups is 4. The minimum Gasteiger partial charge on any atom is -0.492 e. The Bertz CT molecular complexity index is 1780. The van der Waals surface area contributed by atoms with E-state index in [9.17, 15) is 28.7 Å². The van der Waals surface area contributed by atoms with Crippen molar-refractivity contribution in [1.29, 1.82) is 0 Å². The largest absolute Gasteiger partial charge is 0.492 e. The summed E-state index contributed by atoms with van der Waals surface area (Å²) in [5, 5.41) is 10.4. The van der Waals surface area contributed by atoms with Crippen molar-refractivity contribution >= 4 is 45.7 Å². The molecule has 3 aromatic rings. The molecule has 0 radical (unpaired) electrons. The molecule has 1 N–H and O–H groups in total. The Morgan fingerprint density at radius 3 is 2.45 bits per heavy atom. The van der Waals surface area contributed by atoms with Crippen molar-refractivity contribution in [2.75, 3.05) is 19.7 Å². The Labute approximate surface area is 293 Å². The molecule has 3 aromatic carbocycles. The van der Waals surface area contributed by atoms with E-state index in [0.29, 0.717) is 41.8 Å². The number of benzene rings is 3. The molecule has 3 aliphatic rings. The van der Waals surface area contributed by atoms with Gasteiger partial charge in [0, 0.05) is 50.7 Å². The molecular formula is C38H39BrFN3O6. The van der Waals surface area contributed by atoms with E-state index in [-0.39, 0.29) is 43.2 Å². The third-order valence-electron chi connectivity index (χ3n) is 9.62. The van der Waals surface area contributed by atoms with Crippen molar-refractivity contribution in [2.24, 2.45) is 0 Å². The summed E-state index contributed by atoms with van der Waals surface area (Å²) in [4.78, 5) is 56.3. The molecule has 1 aliphatic carbocycles. The van der Waals surface area contributed by atoms with Crippen molar-refractivity contribution in [2.45, 2.75) is 70.1 Å². The van der Waals surface area contributed by atoms with Crippen LogP contribution in [0.1, 0.15) is 54.9 Å². The number of aryl methyl sites for hydroxylation is 1. The molecule has 3 amide bonds. The number of nitrogens with zero attached hydrogens (tertiary/aromatic N) is 3. The fourth-order valence-corrected chi connectivity index (χ4v) is 7.37. The number of halogens is 2. The molecule has 2 aliphatic heterocycles. The van der Waals surface area contributed by atoms with Crippen molar-refractivity contribution in [3.63, 3.8) is 0 Å². The van der Waals surface area contributed by atoms with Gasteiger partial charge in [-0.2, -0.15) is 0 Å². The molecule has 256 valence electrons. The van der Waals surface area contributed by atoms with E-state index in [4.69, 9.17) is 4.74 Å². The number of carbonyl (C=O) groups excluding carboxylic acids is 3. The van der Waals surface area contributed by atoms with Gasteiger partial charge in [0.25, 0.3) is 5.91 Å². The van der Waals surface area contributed by atoms with E-state index >= 15 is 0 Å². The van der Waals surface area contributed by atoms with Crippen LogP contribution in [0.5, 0.6) is 5.75 Å². The monoisotopic (exact) mass is 731 g/mol. The van der Waals surface area contributed by atoms with Crippen LogP contribution >= 0.6 is 15.9 Å². The normalized spacial score (nSPS) is 18.7. The number of amides is 3. The number of hydrogen-bond acceptors (Lipinski definition) is 5. The highest BCUT2D eigenvalue weighted by Gasteiger charge is 2.49. The van der Waals surface area contributed by atoms with E-state index in [2.05, 4.69) is 15.9 Å². The maximum atomic E-state index is 14.8. The van der Waals surface area contributed by atoms with Crippen LogP contribution in [-0.2, 0) is 33.8 Å². The van der Waals surface area contributed by atoms with Crippen molar-refractivity contribution < 1.29 is 33.4 Å². The van der Waals surface area contributed by atoms with Gasteiger partial charge in [0.2, 0.25) is 5.91 Å². The molecule has 0 spiro atoms. The predicted octanol–water partition coefficient (Wildman–Crippen LogP) is 6.27. The second-order valence-electron chi connectivity index (χ2n) is 12.9. The second kappa shape index (κ2) is 14.9. The summed E-state index contributed by atoms with van der Waals surface area (Å²) in [5.41, 5.74) is 4.86. The first-order chi connectivity index (χ1) is 23.6. The summed E-state index contributed by atoms with van der Waals surface area (Å²) in [6.45, 7) is 2.54. The number of hydrogen-bond donors (Lipinski definition) is 1. The molecule has 1 saturated carbocycles. The Morgan fingerprint density at radius 1 is 1.04 bits per heavy atom. The van der Waals surface area contributed by atoms with Gasteiger partial charge in [-0.05, 0) is 88.0 Å². The van der Waals surface area contributed by atoms with Gasteiger partial charge in [-0.25, -0.2) is 9.18 Å². The summed E-state index contributed by atoms with van der Waals surface area (Å²) < 4.78 is 20.1. The smallest absolute Gasteiger partial charge is 0.408 e. The van der Waals surface area contributed by atoms with Gasteiger partial charge in [-0.1, -0.05) is 48.5 Å². The van der Waals surface area contributed by atoms with E-state index in [1.165, 1.54) is 24.0 Å². The molecule has 9 nitrogen and oxygen atoms in total. The SMILES string of the molecule is CC(=O)N1C[C@H]2CC(c3ccc(CCCOc4cc(F)ccc4Br)cc3)=C(C(=O)N(Cc3ccccc3CC=O)C3CC3)[C@@H](C1)N2C(=O)O. The molecule has 11 heteroatoms. The Balaban J connectivity index is 1.30. The summed E-state index contributed by atoms with van der Waals surface area (Å²) in [6.07, 6.45) is 3.38. The molecule has 0 aromatic heterocycles. The van der Waals surface area contributed by atoms with E-state index < -0.39 is 18.2 Å². The first-order valence-corrected chi connectivity index (χ1v) is 17.4. The van der Waals surface area contributed by atoms with Crippen molar-refractivity contribution in [1.82, 2.24) is 14.7 Å². The first kappa shape index (κ1) is 34.4. The van der Waals surface area contributed by atoms with Crippen LogP contribution < -0.4 is 4.74 Å². The highest BCUT2D eigenvalue weighted by atomic mass is 79.9. The number of aldehydes is 1. The summed E-state index contributed by atoms with van der Waals surface area (Å²) in [7, 11) is 0. The average molecular weight is 733 g/mol. The topological polar surface area (TPSA) is 107 Å². The van der Waals surface area contributed by atoms with Crippen LogP contribution in [0, 0.1) is 5.82 Å². The lowest BCUT2D eigenvalue weighted by Crippen LogP contribution is -2.64. The van der Waals surface area contributed by atoms with Gasteiger partial charge in [0.1, 0.15) is 17.9 Å². The zero-order valence-corrected chi connectivity index (χ0v) is 28.9. The summed E-state index contributed by atoms with van der Waals surface area (Å²) >= 11 is 3.38. The number of carboxylic acid groups (broad SMARTS) is 1. The van der Waals surface area contributed by atoms with Crippen molar-refractivity contribution in [3.8, 4) is 5.75 Å². The third-order valence-corrected chi connectivity index (χ3v) is 10.3. The molecule has 6 rings (SSSR count). The first-order valence-electron chi connectivity index (χ1n) is 16.6. The molecule has 49 heavy (non-hydrogen) atoms. The lowest BCUT2D eigenvalue weighted by molar-refractivity contribution is -0.135. The standard InChI is InChI=1S/C38H39BrFN3O6/c1-24(45)41-22-31-20-32(27-10-8-25(9-11-27)5-4-18-49-35-19-29(40)12-15-33(35)39)36(34(23-41)43(31)38(47)48)37(46)42(30-13-14-30)21-28-7-3-2-6-26(28)16-17-44/h2-3,6-12,15,17,19,30-31,34H,4-5,13-14,16,18,20-23H2,1H3,(H,47,48)/t31-,34-/m1/s1. The molecule has 0 unspecified atom stereocenters. The second-order valence-corrected chi connectivity index (χ2v) is 13.8. The highest BCUT2D eigenvalue weighted by Crippen LogP contribution is 2.41. The van der Waals surface area contributed by atoms with E-state index in [0.717, 1.165) is 53.4 Å². The Morgan fingerprint density at radius 2 is 1.78 bits per heavy atom. The van der Waals surface area contributed by atoms with Gasteiger partial charge < -0.3 is 24.4 Å². The fraction of sp³-hybridized carbons (Fsp3) is 0.368. The van der Waals surface area contributed by atoms with Crippen LogP contribution in [-0.4, -0.2) is 81.8 Å². The highest BCUT2D eigenvalue weighted by molar-refractivity contribution is 9.10. The quantitative estimate of drug-likeness (QED) is 0.174. The van der Waals surface area contributed by atoms with Crippen LogP contribution in [0.2, 0.25) is 0 Å². The summed E-state index contributed by atoms with van der Waals surface area (Å²) in [6, 6.07) is 18.6. The summed E-state index contributed by atoms with van der Waals surface area (Å²) in [5.74, 6) is -0.303. The van der Waals surface area contributed by atoms with Crippen LogP contribution in [0.25, 0.3) is 5.57 Å². The number of fused-ring (bicyclic) bond motifs is 2. The Kier molecular flexibility index (Phi) is 10.5. The number of ether oxygens (including phenoxy) is 1. The van der Waals surface area contributed by atoms with Gasteiger partial charge in [-0.15, -0.1) is 0 Å². The zero-order valence-electron chi connectivity index (χ0n) is 27.3. The van der Waals surface area contributed by atoms with Crippen LogP contribution in [0.4, 0.5) is 9.18 Å². The van der Waals surface area contributed by atoms with Gasteiger partial charge in [0.05, 0.1) is 23.2 Å². The van der Waals surface area contributed by atoms with Crippen LogP contribution in [0.3, 0.4) is 0 Å². The molecule has 1 saturated heterocycles. The van der Waals surface area contributed by atoms with Crippen LogP contribution in [0.15, 0.2) is 76.8 Å². The van der Waals surface area contributed by atoms with E-state index in [1.807, 2.05) is 53.4 Å². The minimum absolute atomic E-state index is 0.00615. The molecule has 2 atom stereocenters. The molecule has 2 fully saturated rings. The van der Waals surface area contributed by atoms with Crippen molar-refractivity contribution in [3.05, 3.63) is 105 Å². The zero-order chi connectivity index (χ0) is 34.7. The number of rotatable bonds is 12. The predicted molar refractivity (Wildman–Crippen MR) is 185 cm³/mol. The molecule has 2 bridgehead atoms. The molecular weight excluding hydrogens is 693 g/mol. The van der Waals surface area contributed by atoms with E-state index in [1.54, 1.807) is 11.0 Å². The lowest BCUT2D eigenvalue weighted by Gasteiger charge is -2.50. The van der Waals surface area contributed by atoms with Gasteiger partial charge >= 0.3 is 6.09 Å².